The van der Waals surface area contributed by atoms with Gasteiger partial charge in [0.25, 0.3) is 5.91 Å². The van der Waals surface area contributed by atoms with Crippen molar-refractivity contribution in [3.8, 4) is 0 Å². The molecule has 0 bridgehead atoms. The predicted octanol–water partition coefficient (Wildman–Crippen LogP) is 1.61. The second-order valence-corrected chi connectivity index (χ2v) is 4.51. The Morgan fingerprint density at radius 3 is 2.70 bits per heavy atom. The summed E-state index contributed by atoms with van der Waals surface area (Å²) in [6.07, 6.45) is 0. The summed E-state index contributed by atoms with van der Waals surface area (Å²) < 4.78 is 19.4. The number of carbonyl (C=O) groups excluding carboxylic acids is 2. The van der Waals surface area contributed by atoms with Crippen LogP contribution in [0.4, 0.5) is 4.39 Å². The summed E-state index contributed by atoms with van der Waals surface area (Å²) in [7, 11) is 2.96. The molecule has 1 N–H and O–H groups in total. The zero-order valence-corrected chi connectivity index (χ0v) is 11.4. The quantitative estimate of drug-likeness (QED) is 0.868. The number of hydrogen-bond donors (Lipinski definition) is 1. The number of aromatic nitrogens is 1. The zero-order valence-electron chi connectivity index (χ0n) is 11.4. The molecule has 0 saturated heterocycles. The minimum Gasteiger partial charge on any atom is -0.467 e. The molecule has 6 heteroatoms. The summed E-state index contributed by atoms with van der Waals surface area (Å²) in [6.45, 7) is 1.53. The van der Waals surface area contributed by atoms with E-state index in [2.05, 4.69) is 10.1 Å². The summed E-state index contributed by atoms with van der Waals surface area (Å²) in [6, 6.07) is 5.13. The van der Waals surface area contributed by atoms with Gasteiger partial charge in [0.1, 0.15) is 17.6 Å². The largest absolute Gasteiger partial charge is 0.467 e. The van der Waals surface area contributed by atoms with E-state index >= 15 is 0 Å². The fraction of sp³-hybridized carbons (Fsp3) is 0.286. The Morgan fingerprint density at radius 2 is 2.05 bits per heavy atom. The van der Waals surface area contributed by atoms with Crippen molar-refractivity contribution in [2.75, 3.05) is 7.11 Å². The Kier molecular flexibility index (Phi) is 3.74. The highest BCUT2D eigenvalue weighted by Gasteiger charge is 2.19. The van der Waals surface area contributed by atoms with E-state index in [9.17, 15) is 14.0 Å². The van der Waals surface area contributed by atoms with Crippen LogP contribution >= 0.6 is 0 Å². The predicted molar refractivity (Wildman–Crippen MR) is 71.8 cm³/mol. The molecule has 0 aliphatic rings. The monoisotopic (exact) mass is 278 g/mol. The molecule has 1 aromatic heterocycles. The Balaban J connectivity index is 2.31. The van der Waals surface area contributed by atoms with Gasteiger partial charge in [-0.05, 0) is 31.2 Å². The number of rotatable bonds is 3. The number of benzene rings is 1. The smallest absolute Gasteiger partial charge is 0.328 e. The van der Waals surface area contributed by atoms with Gasteiger partial charge in [-0.3, -0.25) is 4.79 Å². The van der Waals surface area contributed by atoms with E-state index in [1.165, 1.54) is 26.2 Å². The van der Waals surface area contributed by atoms with Crippen LogP contribution in [0.15, 0.2) is 24.3 Å². The van der Waals surface area contributed by atoms with Gasteiger partial charge in [0, 0.05) is 18.0 Å². The molecule has 1 atom stereocenters. The molecular formula is C14H15FN2O3. The maximum absolute atomic E-state index is 13.2. The van der Waals surface area contributed by atoms with E-state index in [4.69, 9.17) is 0 Å². The number of fused-ring (bicyclic) bond motifs is 1. The summed E-state index contributed by atoms with van der Waals surface area (Å²) in [5, 5.41) is 3.16. The highest BCUT2D eigenvalue weighted by molar-refractivity contribution is 6.00. The van der Waals surface area contributed by atoms with Gasteiger partial charge in [-0.25, -0.2) is 9.18 Å². The number of methoxy groups -OCH3 is 1. The van der Waals surface area contributed by atoms with Crippen LogP contribution in [0.1, 0.15) is 17.4 Å². The van der Waals surface area contributed by atoms with Gasteiger partial charge in [-0.2, -0.15) is 0 Å². The first-order valence-corrected chi connectivity index (χ1v) is 6.07. The lowest BCUT2D eigenvalue weighted by molar-refractivity contribution is -0.142. The number of nitrogens with zero attached hydrogens (tertiary/aromatic N) is 1. The van der Waals surface area contributed by atoms with Gasteiger partial charge in [-0.1, -0.05) is 0 Å². The molecule has 0 aliphatic carbocycles. The molecule has 0 aliphatic heterocycles. The second kappa shape index (κ2) is 5.32. The summed E-state index contributed by atoms with van der Waals surface area (Å²) in [5.74, 6) is -1.30. The van der Waals surface area contributed by atoms with Crippen LogP contribution in [-0.2, 0) is 16.6 Å². The fourth-order valence-electron chi connectivity index (χ4n) is 2.04. The van der Waals surface area contributed by atoms with Gasteiger partial charge in [0.15, 0.2) is 0 Å². The van der Waals surface area contributed by atoms with Crippen molar-refractivity contribution >= 4 is 22.8 Å². The topological polar surface area (TPSA) is 60.3 Å². The van der Waals surface area contributed by atoms with E-state index in [1.807, 2.05) is 0 Å². The minimum atomic E-state index is -0.748. The summed E-state index contributed by atoms with van der Waals surface area (Å²) >= 11 is 0. The molecule has 5 nitrogen and oxygen atoms in total. The highest BCUT2D eigenvalue weighted by Crippen LogP contribution is 2.19. The molecule has 0 fully saturated rings. The standard InChI is InChI=1S/C14H15FN2O3/c1-8(14(19)20-3)16-13(18)12-7-9-6-10(15)4-5-11(9)17(12)2/h4-8H,1-3H3,(H,16,18)/t8-/m0/s1. The molecule has 0 radical (unpaired) electrons. The van der Waals surface area contributed by atoms with E-state index in [0.29, 0.717) is 11.1 Å². The van der Waals surface area contributed by atoms with Crippen molar-refractivity contribution in [3.05, 3.63) is 35.8 Å². The van der Waals surface area contributed by atoms with Crippen molar-refractivity contribution in [1.82, 2.24) is 9.88 Å². The molecule has 0 spiro atoms. The van der Waals surface area contributed by atoms with E-state index < -0.39 is 17.9 Å². The van der Waals surface area contributed by atoms with Crippen molar-refractivity contribution < 1.29 is 18.7 Å². The van der Waals surface area contributed by atoms with Crippen LogP contribution in [-0.4, -0.2) is 29.6 Å². The molecule has 0 unspecified atom stereocenters. The molecular weight excluding hydrogens is 263 g/mol. The number of esters is 1. The molecule has 20 heavy (non-hydrogen) atoms. The number of nitrogens with one attached hydrogen (secondary N) is 1. The van der Waals surface area contributed by atoms with E-state index in [-0.39, 0.29) is 5.82 Å². The third kappa shape index (κ3) is 2.49. The number of ether oxygens (including phenoxy) is 1. The fourth-order valence-corrected chi connectivity index (χ4v) is 2.04. The molecule has 2 aromatic rings. The van der Waals surface area contributed by atoms with Crippen LogP contribution < -0.4 is 5.32 Å². The summed E-state index contributed by atoms with van der Waals surface area (Å²) in [5.41, 5.74) is 1.09. The van der Waals surface area contributed by atoms with Crippen molar-refractivity contribution in [2.45, 2.75) is 13.0 Å². The number of halogens is 1. The first-order valence-electron chi connectivity index (χ1n) is 6.07. The Labute approximate surface area is 115 Å². The SMILES string of the molecule is COC(=O)[C@H](C)NC(=O)c1cc2cc(F)ccc2n1C. The van der Waals surface area contributed by atoms with Gasteiger partial charge in [-0.15, -0.1) is 0 Å². The van der Waals surface area contributed by atoms with Crippen LogP contribution in [0.3, 0.4) is 0 Å². The molecule has 106 valence electrons. The van der Waals surface area contributed by atoms with E-state index in [0.717, 1.165) is 5.52 Å². The first kappa shape index (κ1) is 14.0. The number of carbonyl (C=O) groups is 2. The van der Waals surface area contributed by atoms with Gasteiger partial charge in [0.05, 0.1) is 7.11 Å². The van der Waals surface area contributed by atoms with Crippen molar-refractivity contribution in [1.29, 1.82) is 0 Å². The normalized spacial score (nSPS) is 12.2. The van der Waals surface area contributed by atoms with Crippen molar-refractivity contribution in [3.63, 3.8) is 0 Å². The molecule has 2 rings (SSSR count). The Hall–Kier alpha value is -2.37. The molecule has 0 saturated carbocycles. The lowest BCUT2D eigenvalue weighted by Crippen LogP contribution is -2.39. The van der Waals surface area contributed by atoms with Crippen LogP contribution in [0.25, 0.3) is 10.9 Å². The Morgan fingerprint density at radius 1 is 1.35 bits per heavy atom. The second-order valence-electron chi connectivity index (χ2n) is 4.51. The van der Waals surface area contributed by atoms with E-state index in [1.54, 1.807) is 23.7 Å². The maximum atomic E-state index is 13.2. The number of amides is 1. The molecule has 1 heterocycles. The zero-order chi connectivity index (χ0) is 14.9. The van der Waals surface area contributed by atoms with Crippen molar-refractivity contribution in [2.24, 2.45) is 7.05 Å². The van der Waals surface area contributed by atoms with Crippen LogP contribution in [0, 0.1) is 5.82 Å². The molecule has 1 amide bonds. The van der Waals surface area contributed by atoms with Gasteiger partial charge >= 0.3 is 5.97 Å². The third-order valence-electron chi connectivity index (χ3n) is 3.14. The highest BCUT2D eigenvalue weighted by atomic mass is 19.1. The average molecular weight is 278 g/mol. The number of aryl methyl sites for hydroxylation is 1. The van der Waals surface area contributed by atoms with Gasteiger partial charge < -0.3 is 14.6 Å². The van der Waals surface area contributed by atoms with Crippen LogP contribution in [0.5, 0.6) is 0 Å². The van der Waals surface area contributed by atoms with Crippen LogP contribution in [0.2, 0.25) is 0 Å². The lowest BCUT2D eigenvalue weighted by Gasteiger charge is -2.11. The third-order valence-corrected chi connectivity index (χ3v) is 3.14. The summed E-state index contributed by atoms with van der Waals surface area (Å²) in [4.78, 5) is 23.4. The van der Waals surface area contributed by atoms with Gasteiger partial charge in [0.2, 0.25) is 0 Å². The maximum Gasteiger partial charge on any atom is 0.328 e. The minimum absolute atomic E-state index is 0.348. The first-order chi connectivity index (χ1) is 9.43. The Bertz CT molecular complexity index is 678. The lowest BCUT2D eigenvalue weighted by atomic mass is 10.2. The average Bonchev–Trinajstić information content (AvgIpc) is 2.74. The number of hydrogen-bond acceptors (Lipinski definition) is 3. The molecule has 1 aromatic carbocycles.